The van der Waals surface area contributed by atoms with Crippen molar-refractivity contribution in [1.29, 1.82) is 0 Å². The number of imidazole rings is 1. The van der Waals surface area contributed by atoms with Crippen molar-refractivity contribution < 1.29 is 15.0 Å². The van der Waals surface area contributed by atoms with Crippen LogP contribution in [0.4, 0.5) is 5.82 Å². The van der Waals surface area contributed by atoms with Crippen LogP contribution in [0.2, 0.25) is 0 Å². The molecule has 2 aromatic heterocycles. The fourth-order valence-corrected chi connectivity index (χ4v) is 1.46. The number of aromatic carboxylic acids is 1. The molecule has 0 saturated heterocycles. The van der Waals surface area contributed by atoms with Gasteiger partial charge in [-0.1, -0.05) is 0 Å². The van der Waals surface area contributed by atoms with Crippen LogP contribution >= 0.6 is 0 Å². The van der Waals surface area contributed by atoms with Gasteiger partial charge in [0.05, 0.1) is 6.20 Å². The quantitative estimate of drug-likeness (QED) is 0.733. The van der Waals surface area contributed by atoms with Gasteiger partial charge in [-0.25, -0.2) is 9.78 Å². The molecule has 90 valence electrons. The van der Waals surface area contributed by atoms with Crippen LogP contribution in [0.25, 0.3) is 5.65 Å². The van der Waals surface area contributed by atoms with Gasteiger partial charge in [0.25, 0.3) is 0 Å². The summed E-state index contributed by atoms with van der Waals surface area (Å²) in [6, 6.07) is 0.0954. The van der Waals surface area contributed by atoms with Gasteiger partial charge in [-0.2, -0.15) is 4.98 Å². The van der Waals surface area contributed by atoms with E-state index in [1.807, 2.05) is 13.8 Å². The summed E-state index contributed by atoms with van der Waals surface area (Å²) in [6.45, 7) is 3.81. The molecular formula is C10H12N4O3. The predicted molar refractivity (Wildman–Crippen MR) is 60.4 cm³/mol. The number of nitrogens with zero attached hydrogens (tertiary/aromatic N) is 3. The van der Waals surface area contributed by atoms with E-state index in [1.54, 1.807) is 0 Å². The second kappa shape index (κ2) is 3.93. The third-order valence-corrected chi connectivity index (χ3v) is 2.07. The maximum Gasteiger partial charge on any atom is 0.356 e. The van der Waals surface area contributed by atoms with Crippen LogP contribution in [0.1, 0.15) is 24.3 Å². The van der Waals surface area contributed by atoms with Crippen molar-refractivity contribution in [2.75, 3.05) is 5.32 Å². The highest BCUT2D eigenvalue weighted by atomic mass is 16.4. The zero-order valence-corrected chi connectivity index (χ0v) is 9.38. The molecule has 0 amide bonds. The van der Waals surface area contributed by atoms with Gasteiger partial charge in [-0.15, -0.1) is 0 Å². The molecule has 2 heterocycles. The second-order valence-electron chi connectivity index (χ2n) is 3.91. The Morgan fingerprint density at radius 3 is 2.71 bits per heavy atom. The average Bonchev–Trinajstić information content (AvgIpc) is 2.60. The minimum Gasteiger partial charge on any atom is -0.492 e. The largest absolute Gasteiger partial charge is 0.492 e. The Bertz CT molecular complexity index is 576. The number of carboxylic acids is 1. The second-order valence-corrected chi connectivity index (χ2v) is 3.91. The van der Waals surface area contributed by atoms with Crippen LogP contribution < -0.4 is 5.32 Å². The van der Waals surface area contributed by atoms with Crippen LogP contribution in [0.3, 0.4) is 0 Å². The number of aromatic hydroxyl groups is 1. The van der Waals surface area contributed by atoms with E-state index in [-0.39, 0.29) is 17.6 Å². The molecule has 0 aliphatic carbocycles. The highest BCUT2D eigenvalue weighted by Gasteiger charge is 2.14. The molecule has 7 nitrogen and oxygen atoms in total. The van der Waals surface area contributed by atoms with E-state index in [0.717, 1.165) is 0 Å². The van der Waals surface area contributed by atoms with Gasteiger partial charge in [-0.05, 0) is 13.8 Å². The van der Waals surface area contributed by atoms with Gasteiger partial charge in [0.1, 0.15) is 0 Å². The topological polar surface area (TPSA) is 99.8 Å². The highest BCUT2D eigenvalue weighted by molar-refractivity contribution is 5.87. The van der Waals surface area contributed by atoms with Gasteiger partial charge >= 0.3 is 5.97 Å². The minimum absolute atomic E-state index is 0.0933. The molecule has 2 aromatic rings. The number of hydrogen-bond donors (Lipinski definition) is 3. The molecule has 3 N–H and O–H groups in total. The van der Waals surface area contributed by atoms with Crippen LogP contribution in [0, 0.1) is 0 Å². The van der Waals surface area contributed by atoms with Crippen molar-refractivity contribution in [1.82, 2.24) is 14.4 Å². The minimum atomic E-state index is -1.12. The van der Waals surface area contributed by atoms with Crippen molar-refractivity contribution >= 4 is 17.4 Å². The molecule has 0 fully saturated rings. The zero-order valence-electron chi connectivity index (χ0n) is 9.38. The smallest absolute Gasteiger partial charge is 0.356 e. The maximum absolute atomic E-state index is 10.8. The maximum atomic E-state index is 10.8. The summed E-state index contributed by atoms with van der Waals surface area (Å²) in [5.74, 6) is -0.967. The Hall–Kier alpha value is -2.31. The van der Waals surface area contributed by atoms with Gasteiger partial charge in [-0.3, -0.25) is 4.40 Å². The number of nitrogens with one attached hydrogen (secondary N) is 1. The third kappa shape index (κ3) is 2.12. The van der Waals surface area contributed by atoms with Crippen LogP contribution in [0.15, 0.2) is 12.4 Å². The number of carbonyl (C=O) groups is 1. The first-order valence-corrected chi connectivity index (χ1v) is 5.06. The van der Waals surface area contributed by atoms with Crippen LogP contribution in [0.5, 0.6) is 5.88 Å². The lowest BCUT2D eigenvalue weighted by Gasteiger charge is -2.09. The molecule has 0 bridgehead atoms. The monoisotopic (exact) mass is 236 g/mol. The highest BCUT2D eigenvalue weighted by Crippen LogP contribution is 2.19. The summed E-state index contributed by atoms with van der Waals surface area (Å²) < 4.78 is 1.43. The summed E-state index contributed by atoms with van der Waals surface area (Å²) in [6.07, 6.45) is 2.63. The molecule has 2 rings (SSSR count). The summed E-state index contributed by atoms with van der Waals surface area (Å²) in [4.78, 5) is 18.6. The molecule has 17 heavy (non-hydrogen) atoms. The number of aromatic nitrogens is 3. The van der Waals surface area contributed by atoms with Crippen molar-refractivity contribution in [3.05, 3.63) is 18.1 Å². The van der Waals surface area contributed by atoms with Gasteiger partial charge in [0.15, 0.2) is 17.2 Å². The molecule has 0 unspecified atom stereocenters. The SMILES string of the molecule is CC(C)Nc1nc(O)cn2cc(C(=O)O)nc12. The first-order valence-electron chi connectivity index (χ1n) is 5.06. The normalized spacial score (nSPS) is 11.0. The summed E-state index contributed by atoms with van der Waals surface area (Å²) in [5.41, 5.74) is 0.276. The Balaban J connectivity index is 2.61. The number of anilines is 1. The molecule has 0 aliphatic rings. The number of hydrogen-bond acceptors (Lipinski definition) is 5. The molecule has 0 saturated carbocycles. The lowest BCUT2D eigenvalue weighted by molar-refractivity contribution is 0.0691. The van der Waals surface area contributed by atoms with Crippen molar-refractivity contribution in [2.45, 2.75) is 19.9 Å². The molecular weight excluding hydrogens is 224 g/mol. The zero-order chi connectivity index (χ0) is 12.6. The van der Waals surface area contributed by atoms with Crippen molar-refractivity contribution in [3.8, 4) is 5.88 Å². The first-order chi connectivity index (χ1) is 7.97. The lowest BCUT2D eigenvalue weighted by atomic mass is 10.4. The summed E-state index contributed by atoms with van der Waals surface area (Å²) in [7, 11) is 0. The molecule has 0 aliphatic heterocycles. The lowest BCUT2D eigenvalue weighted by Crippen LogP contribution is -2.12. The standard InChI is InChI=1S/C10H12N4O3/c1-5(2)11-8-9-12-6(10(16)17)3-14(9)4-7(15)13-8/h3-5,15H,1-2H3,(H,11,13)(H,16,17). The van der Waals surface area contributed by atoms with E-state index in [2.05, 4.69) is 15.3 Å². The van der Waals surface area contributed by atoms with Crippen molar-refractivity contribution in [2.24, 2.45) is 0 Å². The van der Waals surface area contributed by atoms with Crippen molar-refractivity contribution in [3.63, 3.8) is 0 Å². The Labute approximate surface area is 96.7 Å². The fraction of sp³-hybridized carbons (Fsp3) is 0.300. The van der Waals surface area contributed by atoms with Gasteiger partial charge < -0.3 is 15.5 Å². The van der Waals surface area contributed by atoms with E-state index in [4.69, 9.17) is 5.11 Å². The van der Waals surface area contributed by atoms with E-state index in [0.29, 0.717) is 11.5 Å². The number of rotatable bonds is 3. The van der Waals surface area contributed by atoms with E-state index in [1.165, 1.54) is 16.8 Å². The fourth-order valence-electron chi connectivity index (χ4n) is 1.46. The van der Waals surface area contributed by atoms with E-state index in [9.17, 15) is 9.90 Å². The third-order valence-electron chi connectivity index (χ3n) is 2.07. The number of carboxylic acid groups (broad SMARTS) is 1. The van der Waals surface area contributed by atoms with Gasteiger partial charge in [0.2, 0.25) is 5.88 Å². The summed E-state index contributed by atoms with van der Waals surface area (Å²) >= 11 is 0. The Kier molecular flexibility index (Phi) is 2.58. The Morgan fingerprint density at radius 2 is 2.12 bits per heavy atom. The van der Waals surface area contributed by atoms with Crippen LogP contribution in [-0.2, 0) is 0 Å². The molecule has 0 aromatic carbocycles. The Morgan fingerprint density at radius 1 is 1.41 bits per heavy atom. The number of fused-ring (bicyclic) bond motifs is 1. The molecule has 0 atom stereocenters. The van der Waals surface area contributed by atoms with E-state index >= 15 is 0 Å². The molecule has 7 heteroatoms. The van der Waals surface area contributed by atoms with E-state index < -0.39 is 5.97 Å². The average molecular weight is 236 g/mol. The predicted octanol–water partition coefficient (Wildman–Crippen LogP) is 0.953. The molecule has 0 spiro atoms. The van der Waals surface area contributed by atoms with Crippen LogP contribution in [-0.4, -0.2) is 36.6 Å². The summed E-state index contributed by atoms with van der Waals surface area (Å²) in [5, 5.41) is 21.3. The van der Waals surface area contributed by atoms with Gasteiger partial charge in [0, 0.05) is 12.2 Å². The first kappa shape index (κ1) is 11.2. The molecule has 0 radical (unpaired) electrons.